The van der Waals surface area contributed by atoms with E-state index in [0.717, 1.165) is 26.0 Å². The summed E-state index contributed by atoms with van der Waals surface area (Å²) in [5.41, 5.74) is 9.29. The molecule has 0 radical (unpaired) electrons. The lowest BCUT2D eigenvalue weighted by Crippen LogP contribution is -2.41. The Morgan fingerprint density at radius 3 is 1.73 bits per heavy atom. The Balaban J connectivity index is 1.49. The van der Waals surface area contributed by atoms with E-state index < -0.39 is 10.0 Å². The lowest BCUT2D eigenvalue weighted by Gasteiger charge is -2.25. The first-order valence-corrected chi connectivity index (χ1v) is 16.8. The molecule has 0 bridgehead atoms. The van der Waals surface area contributed by atoms with Gasteiger partial charge in [0, 0.05) is 21.1 Å². The van der Waals surface area contributed by atoms with Crippen molar-refractivity contribution in [2.75, 3.05) is 21.3 Å². The molecule has 0 amide bonds. The molecule has 1 heterocycles. The van der Waals surface area contributed by atoms with Crippen molar-refractivity contribution in [2.24, 2.45) is 5.10 Å². The van der Waals surface area contributed by atoms with E-state index in [0.29, 0.717) is 33.9 Å². The van der Waals surface area contributed by atoms with Gasteiger partial charge in [0.05, 0.1) is 33.4 Å². The number of hydrazine groups is 2. The van der Waals surface area contributed by atoms with Crippen LogP contribution in [0.4, 0.5) is 0 Å². The van der Waals surface area contributed by atoms with Crippen molar-refractivity contribution in [1.29, 1.82) is 0 Å². The first-order chi connectivity index (χ1) is 21.2. The fourth-order valence-corrected chi connectivity index (χ4v) is 8.13. The van der Waals surface area contributed by atoms with Crippen molar-refractivity contribution >= 4 is 54.4 Å². The number of benzene rings is 4. The van der Waals surface area contributed by atoms with Crippen LogP contribution in [0.1, 0.15) is 22.3 Å². The van der Waals surface area contributed by atoms with Crippen molar-refractivity contribution in [1.82, 2.24) is 20.4 Å². The Labute approximate surface area is 279 Å². The first kappa shape index (κ1) is 32.0. The summed E-state index contributed by atoms with van der Waals surface area (Å²) >= 11 is 5.70. The van der Waals surface area contributed by atoms with Gasteiger partial charge in [0.1, 0.15) is 22.1 Å². The van der Waals surface area contributed by atoms with Gasteiger partial charge in [-0.05, 0) is 104 Å². The van der Waals surface area contributed by atoms with E-state index >= 15 is 0 Å². The summed E-state index contributed by atoms with van der Waals surface area (Å²) in [5.74, 6) is 2.54. The fourth-order valence-electron chi connectivity index (χ4n) is 4.62. The highest BCUT2D eigenvalue weighted by Gasteiger charge is 2.34. The zero-order chi connectivity index (χ0) is 31.3. The topological polar surface area (TPSA) is 105 Å². The number of sulfonamides is 1. The van der Waals surface area contributed by atoms with E-state index in [1.165, 1.54) is 4.31 Å². The molecule has 10 nitrogen and oxygen atoms in total. The molecule has 0 spiro atoms. The summed E-state index contributed by atoms with van der Waals surface area (Å²) in [6, 6.07) is 26.0. The summed E-state index contributed by atoms with van der Waals surface area (Å²) in [6.07, 6.45) is 0. The Morgan fingerprint density at radius 1 is 0.773 bits per heavy atom. The number of hydrazone groups is 1. The van der Waals surface area contributed by atoms with Crippen LogP contribution in [-0.2, 0) is 29.7 Å². The molecule has 4 aromatic rings. The first-order valence-electron chi connectivity index (χ1n) is 13.5. The summed E-state index contributed by atoms with van der Waals surface area (Å²) in [7, 11) is 0.719. The Morgan fingerprint density at radius 2 is 1.25 bits per heavy atom. The molecule has 0 saturated heterocycles. The van der Waals surface area contributed by atoms with Crippen LogP contribution >= 0.6 is 38.5 Å². The molecule has 0 saturated carbocycles. The van der Waals surface area contributed by atoms with Crippen LogP contribution in [-0.4, -0.2) is 45.0 Å². The molecule has 0 unspecified atom stereocenters. The predicted molar refractivity (Wildman–Crippen MR) is 181 cm³/mol. The molecule has 0 aromatic heterocycles. The van der Waals surface area contributed by atoms with Gasteiger partial charge in [0.25, 0.3) is 0 Å². The quantitative estimate of drug-likeness (QED) is 0.178. The van der Waals surface area contributed by atoms with Gasteiger partial charge >= 0.3 is 0 Å². The van der Waals surface area contributed by atoms with Crippen LogP contribution in [0.5, 0.6) is 17.2 Å². The monoisotopic (exact) mass is 791 g/mol. The molecule has 13 heteroatoms. The summed E-state index contributed by atoms with van der Waals surface area (Å²) in [6.45, 7) is 0.736. The standard InChI is InChI=1S/C31H31BrIN5O5S/c1-41-24-10-4-21(5-11-24)18-37(19-22-6-12-25(42-2)13-7-22)44(39,40)30-27(32)16-17-28(33)29(30)31-34-36-38(35-31)20-23-8-14-26(43-3)15-9-23/h4-17,36H,18-20H2,1-3H3,(H,34,35). The third kappa shape index (κ3) is 7.29. The van der Waals surface area contributed by atoms with Crippen molar-refractivity contribution in [3.63, 3.8) is 0 Å². The number of nitrogens with one attached hydrogen (secondary N) is 2. The van der Waals surface area contributed by atoms with Crippen molar-refractivity contribution < 1.29 is 22.6 Å². The summed E-state index contributed by atoms with van der Waals surface area (Å²) < 4.78 is 47.8. The van der Waals surface area contributed by atoms with E-state index in [1.807, 2.05) is 78.9 Å². The van der Waals surface area contributed by atoms with Gasteiger partial charge in [0.2, 0.25) is 10.0 Å². The number of amidine groups is 1. The zero-order valence-electron chi connectivity index (χ0n) is 24.3. The van der Waals surface area contributed by atoms with Crippen LogP contribution in [0.25, 0.3) is 0 Å². The second kappa shape index (κ2) is 14.2. The predicted octanol–water partition coefficient (Wildman–Crippen LogP) is 5.66. The smallest absolute Gasteiger partial charge is 0.245 e. The molecule has 230 valence electrons. The van der Waals surface area contributed by atoms with Crippen molar-refractivity contribution in [2.45, 2.75) is 24.5 Å². The van der Waals surface area contributed by atoms with E-state index in [-0.39, 0.29) is 18.0 Å². The van der Waals surface area contributed by atoms with Crippen LogP contribution in [0.2, 0.25) is 0 Å². The van der Waals surface area contributed by atoms with Gasteiger partial charge in [-0.2, -0.15) is 4.31 Å². The van der Waals surface area contributed by atoms with E-state index in [4.69, 9.17) is 14.2 Å². The molecule has 0 aliphatic carbocycles. The second-order valence-corrected chi connectivity index (χ2v) is 13.7. The van der Waals surface area contributed by atoms with Crippen LogP contribution in [0.15, 0.2) is 99.4 Å². The minimum absolute atomic E-state index is 0.116. The number of rotatable bonds is 12. The molecule has 1 aliphatic heterocycles. The SMILES string of the molecule is COc1ccc(CN2NN=C(c3c(I)ccc(Br)c3S(=O)(=O)N(Cc3ccc(OC)cc3)Cc3ccc(OC)cc3)N2)cc1. The molecule has 44 heavy (non-hydrogen) atoms. The van der Waals surface area contributed by atoms with Gasteiger partial charge in [0.15, 0.2) is 5.84 Å². The van der Waals surface area contributed by atoms with E-state index in [9.17, 15) is 8.42 Å². The number of methoxy groups -OCH3 is 3. The van der Waals surface area contributed by atoms with E-state index in [2.05, 4.69) is 54.6 Å². The highest BCUT2D eigenvalue weighted by Crippen LogP contribution is 2.34. The number of halogens is 2. The van der Waals surface area contributed by atoms with Crippen molar-refractivity contribution in [3.05, 3.63) is 115 Å². The van der Waals surface area contributed by atoms with Gasteiger partial charge in [-0.1, -0.05) is 36.4 Å². The number of hydrogen-bond donors (Lipinski definition) is 2. The zero-order valence-corrected chi connectivity index (χ0v) is 28.8. The largest absolute Gasteiger partial charge is 0.497 e. The average Bonchev–Trinajstić information content (AvgIpc) is 3.50. The lowest BCUT2D eigenvalue weighted by atomic mass is 10.2. The molecule has 2 N–H and O–H groups in total. The third-order valence-electron chi connectivity index (χ3n) is 6.95. The Kier molecular flexibility index (Phi) is 10.3. The van der Waals surface area contributed by atoms with Gasteiger partial charge < -0.3 is 14.2 Å². The average molecular weight is 792 g/mol. The van der Waals surface area contributed by atoms with Crippen LogP contribution < -0.4 is 25.2 Å². The van der Waals surface area contributed by atoms with Gasteiger partial charge in [-0.25, -0.2) is 14.0 Å². The maximum Gasteiger partial charge on any atom is 0.245 e. The normalized spacial score (nSPS) is 13.3. The van der Waals surface area contributed by atoms with Gasteiger partial charge in [-0.3, -0.25) is 5.43 Å². The molecule has 5 rings (SSSR count). The molecule has 4 aromatic carbocycles. The van der Waals surface area contributed by atoms with Crippen molar-refractivity contribution in [3.8, 4) is 17.2 Å². The maximum atomic E-state index is 14.7. The highest BCUT2D eigenvalue weighted by molar-refractivity contribution is 14.1. The summed E-state index contributed by atoms with van der Waals surface area (Å²) in [4.78, 5) is 0.116. The lowest BCUT2D eigenvalue weighted by molar-refractivity contribution is 0.170. The highest BCUT2D eigenvalue weighted by atomic mass is 127. The second-order valence-electron chi connectivity index (χ2n) is 9.81. The van der Waals surface area contributed by atoms with Crippen LogP contribution in [0, 0.1) is 3.57 Å². The molecular weight excluding hydrogens is 761 g/mol. The maximum absolute atomic E-state index is 14.7. The molecular formula is C31H31BrIN5O5S. The molecule has 1 aliphatic rings. The molecule has 0 fully saturated rings. The Hall–Kier alpha value is -3.37. The minimum Gasteiger partial charge on any atom is -0.497 e. The summed E-state index contributed by atoms with van der Waals surface area (Å²) in [5, 5.41) is 6.17. The van der Waals surface area contributed by atoms with Gasteiger partial charge in [-0.15, -0.1) is 10.2 Å². The fraction of sp³-hybridized carbons (Fsp3) is 0.194. The number of ether oxygens (including phenoxy) is 3. The third-order valence-corrected chi connectivity index (χ3v) is 10.7. The molecule has 0 atom stereocenters. The Bertz CT molecular complexity index is 1690. The number of nitrogens with zero attached hydrogens (tertiary/aromatic N) is 3. The van der Waals surface area contributed by atoms with Crippen LogP contribution in [0.3, 0.4) is 0 Å². The minimum atomic E-state index is -4.10. The number of hydrogen-bond acceptors (Lipinski definition) is 9. The van der Waals surface area contributed by atoms with E-state index in [1.54, 1.807) is 32.5 Å².